The van der Waals surface area contributed by atoms with Gasteiger partial charge in [-0.3, -0.25) is 9.10 Å². The highest BCUT2D eigenvalue weighted by atomic mass is 79.9. The molecule has 4 nitrogen and oxygen atoms in total. The number of rotatable bonds is 5. The maximum absolute atomic E-state index is 12.5. The summed E-state index contributed by atoms with van der Waals surface area (Å²) in [6.07, 6.45) is 2.78. The van der Waals surface area contributed by atoms with E-state index in [1.807, 2.05) is 30.3 Å². The molecule has 0 spiro atoms. The van der Waals surface area contributed by atoms with Crippen molar-refractivity contribution in [3.63, 3.8) is 0 Å². The van der Waals surface area contributed by atoms with E-state index < -0.39 is 10.0 Å². The Hall–Kier alpha value is -1.31. The number of hydrogen-bond acceptors (Lipinski definition) is 4. The van der Waals surface area contributed by atoms with Gasteiger partial charge >= 0.3 is 0 Å². The summed E-state index contributed by atoms with van der Waals surface area (Å²) >= 11 is 4.89. The summed E-state index contributed by atoms with van der Waals surface area (Å²) in [6.45, 7) is 0.499. The summed E-state index contributed by atoms with van der Waals surface area (Å²) in [5, 5.41) is 0. The van der Waals surface area contributed by atoms with Crippen LogP contribution in [0.3, 0.4) is 0 Å². The van der Waals surface area contributed by atoms with Crippen molar-refractivity contribution in [3.8, 4) is 0 Å². The Kier molecular flexibility index (Phi) is 5.55. The van der Waals surface area contributed by atoms with Crippen molar-refractivity contribution in [2.24, 2.45) is 0 Å². The third-order valence-corrected chi connectivity index (χ3v) is 6.78. The van der Waals surface area contributed by atoms with Crippen molar-refractivity contribution in [3.05, 3.63) is 58.1 Å². The Morgan fingerprint density at radius 3 is 2.60 bits per heavy atom. The average molecular weight is 440 g/mol. The van der Waals surface area contributed by atoms with Crippen LogP contribution < -0.4 is 4.31 Å². The summed E-state index contributed by atoms with van der Waals surface area (Å²) in [5.74, 6) is 0.406. The number of halogens is 1. The number of carbonyl (C=O) groups is 1. The van der Waals surface area contributed by atoms with E-state index >= 15 is 0 Å². The van der Waals surface area contributed by atoms with Crippen LogP contribution in [0.2, 0.25) is 0 Å². The van der Waals surface area contributed by atoms with Crippen LogP contribution in [0.1, 0.15) is 22.3 Å². The smallest absolute Gasteiger partial charge is 0.232 e. The standard InChI is InChI=1S/C18H18BrNO3S2/c1-25(22,23)20-10-2-3-13-11-14(4-9-17(13)20)18(21)12-24-16-7-5-15(19)6-8-16/h4-9,11H,2-3,10,12H2,1H3. The van der Waals surface area contributed by atoms with Gasteiger partial charge in [-0.25, -0.2) is 8.42 Å². The van der Waals surface area contributed by atoms with Gasteiger partial charge in [-0.2, -0.15) is 0 Å². The molecule has 0 unspecified atom stereocenters. The topological polar surface area (TPSA) is 54.5 Å². The molecule has 3 rings (SSSR count). The van der Waals surface area contributed by atoms with Crippen LogP contribution in [0.15, 0.2) is 51.8 Å². The zero-order valence-electron chi connectivity index (χ0n) is 13.7. The van der Waals surface area contributed by atoms with E-state index in [2.05, 4.69) is 15.9 Å². The molecule has 25 heavy (non-hydrogen) atoms. The normalized spacial score (nSPS) is 14.2. The average Bonchev–Trinajstić information content (AvgIpc) is 2.59. The number of sulfonamides is 1. The highest BCUT2D eigenvalue weighted by Crippen LogP contribution is 2.30. The lowest BCUT2D eigenvalue weighted by atomic mass is 9.99. The molecule has 2 aromatic carbocycles. The van der Waals surface area contributed by atoms with Gasteiger partial charge in [-0.15, -0.1) is 11.8 Å². The number of anilines is 1. The highest BCUT2D eigenvalue weighted by Gasteiger charge is 2.24. The van der Waals surface area contributed by atoms with Gasteiger partial charge in [0.15, 0.2) is 5.78 Å². The monoisotopic (exact) mass is 439 g/mol. The van der Waals surface area contributed by atoms with Crippen molar-refractivity contribution in [2.45, 2.75) is 17.7 Å². The third-order valence-electron chi connectivity index (χ3n) is 4.06. The first-order chi connectivity index (χ1) is 11.8. The zero-order chi connectivity index (χ0) is 18.0. The van der Waals surface area contributed by atoms with Gasteiger partial charge < -0.3 is 0 Å². The van der Waals surface area contributed by atoms with Gasteiger partial charge in [-0.1, -0.05) is 15.9 Å². The fraction of sp³-hybridized carbons (Fsp3) is 0.278. The van der Waals surface area contributed by atoms with Crippen molar-refractivity contribution in [2.75, 3.05) is 22.9 Å². The van der Waals surface area contributed by atoms with Crippen molar-refractivity contribution in [1.29, 1.82) is 0 Å². The summed E-state index contributed by atoms with van der Waals surface area (Å²) in [4.78, 5) is 13.5. The van der Waals surface area contributed by atoms with E-state index in [1.165, 1.54) is 22.3 Å². The minimum Gasteiger partial charge on any atom is -0.293 e. The van der Waals surface area contributed by atoms with Crippen LogP contribution in [0.25, 0.3) is 0 Å². The molecule has 0 fully saturated rings. The molecule has 0 saturated heterocycles. The Bertz CT molecular complexity index is 895. The molecule has 1 aliphatic heterocycles. The highest BCUT2D eigenvalue weighted by molar-refractivity contribution is 9.10. The lowest BCUT2D eigenvalue weighted by molar-refractivity contribution is 0.102. The number of Topliss-reactive ketones (excluding diaryl/α,β-unsaturated/α-hetero) is 1. The predicted octanol–water partition coefficient (Wildman–Crippen LogP) is 4.14. The van der Waals surface area contributed by atoms with E-state index in [0.717, 1.165) is 27.8 Å². The lowest BCUT2D eigenvalue weighted by Crippen LogP contribution is -2.34. The second kappa shape index (κ2) is 7.51. The molecule has 0 aliphatic carbocycles. The Morgan fingerprint density at radius 2 is 1.92 bits per heavy atom. The molecule has 0 atom stereocenters. The van der Waals surface area contributed by atoms with E-state index in [1.54, 1.807) is 12.1 Å². The molecule has 0 aromatic heterocycles. The molecule has 0 radical (unpaired) electrons. The predicted molar refractivity (Wildman–Crippen MR) is 106 cm³/mol. The van der Waals surface area contributed by atoms with E-state index in [0.29, 0.717) is 23.5 Å². The van der Waals surface area contributed by atoms with Crippen molar-refractivity contribution >= 4 is 49.2 Å². The molecular weight excluding hydrogens is 422 g/mol. The van der Waals surface area contributed by atoms with E-state index in [4.69, 9.17) is 0 Å². The van der Waals surface area contributed by atoms with Crippen molar-refractivity contribution < 1.29 is 13.2 Å². The molecule has 1 aliphatic rings. The van der Waals surface area contributed by atoms with Gasteiger partial charge in [-0.05, 0) is 60.9 Å². The fourth-order valence-electron chi connectivity index (χ4n) is 2.84. The zero-order valence-corrected chi connectivity index (χ0v) is 17.0. The minimum atomic E-state index is -3.28. The number of hydrogen-bond donors (Lipinski definition) is 0. The number of nitrogens with zero attached hydrogens (tertiary/aromatic N) is 1. The summed E-state index contributed by atoms with van der Waals surface area (Å²) in [5.41, 5.74) is 2.26. The maximum Gasteiger partial charge on any atom is 0.232 e. The summed E-state index contributed by atoms with van der Waals surface area (Å²) in [6, 6.07) is 13.2. The Morgan fingerprint density at radius 1 is 1.20 bits per heavy atom. The van der Waals surface area contributed by atoms with Crippen LogP contribution in [-0.2, 0) is 16.4 Å². The van der Waals surface area contributed by atoms with Gasteiger partial charge in [0.05, 0.1) is 17.7 Å². The van der Waals surface area contributed by atoms with Crippen LogP contribution in [-0.4, -0.2) is 32.8 Å². The molecule has 132 valence electrons. The van der Waals surface area contributed by atoms with Crippen LogP contribution in [0.5, 0.6) is 0 Å². The third kappa shape index (κ3) is 4.46. The Labute approximate surface area is 160 Å². The van der Waals surface area contributed by atoms with Crippen LogP contribution in [0.4, 0.5) is 5.69 Å². The van der Waals surface area contributed by atoms with Crippen LogP contribution >= 0.6 is 27.7 Å². The number of ketones is 1. The molecule has 0 saturated carbocycles. The first-order valence-electron chi connectivity index (χ1n) is 7.87. The summed E-state index contributed by atoms with van der Waals surface area (Å²) < 4.78 is 26.2. The van der Waals surface area contributed by atoms with Gasteiger partial charge in [0.25, 0.3) is 0 Å². The maximum atomic E-state index is 12.5. The summed E-state index contributed by atoms with van der Waals surface area (Å²) in [7, 11) is -3.28. The van der Waals surface area contributed by atoms with Crippen molar-refractivity contribution in [1.82, 2.24) is 0 Å². The number of fused-ring (bicyclic) bond motifs is 1. The van der Waals surface area contributed by atoms with E-state index in [9.17, 15) is 13.2 Å². The first kappa shape index (κ1) is 18.5. The van der Waals surface area contributed by atoms with Gasteiger partial charge in [0.2, 0.25) is 10.0 Å². The van der Waals surface area contributed by atoms with Gasteiger partial charge in [0.1, 0.15) is 0 Å². The van der Waals surface area contributed by atoms with Gasteiger partial charge in [0, 0.05) is 21.5 Å². The minimum absolute atomic E-state index is 0.0483. The second-order valence-electron chi connectivity index (χ2n) is 5.95. The molecule has 2 aromatic rings. The number of carbonyl (C=O) groups excluding carboxylic acids is 1. The molecule has 0 amide bonds. The number of benzene rings is 2. The second-order valence-corrected chi connectivity index (χ2v) is 9.82. The Balaban J connectivity index is 1.75. The molecule has 7 heteroatoms. The number of aryl methyl sites for hydroxylation is 1. The molecular formula is C18H18BrNO3S2. The van der Waals surface area contributed by atoms with Crippen LogP contribution in [0, 0.1) is 0 Å². The SMILES string of the molecule is CS(=O)(=O)N1CCCc2cc(C(=O)CSc3ccc(Br)cc3)ccc21. The first-order valence-corrected chi connectivity index (χ1v) is 11.5. The number of thioether (sulfide) groups is 1. The largest absolute Gasteiger partial charge is 0.293 e. The molecule has 1 heterocycles. The fourth-order valence-corrected chi connectivity index (χ4v) is 4.90. The van der Waals surface area contributed by atoms with E-state index in [-0.39, 0.29) is 5.78 Å². The quantitative estimate of drug-likeness (QED) is 0.518. The molecule has 0 N–H and O–H groups in total. The lowest BCUT2D eigenvalue weighted by Gasteiger charge is -2.29. The molecule has 0 bridgehead atoms.